The molecule has 0 bridgehead atoms. The van der Waals surface area contributed by atoms with Crippen LogP contribution in [0.4, 0.5) is 11.4 Å². The van der Waals surface area contributed by atoms with Crippen LogP contribution in [0.5, 0.6) is 11.5 Å². The third kappa shape index (κ3) is 2.96. The van der Waals surface area contributed by atoms with Crippen LogP contribution in [0.2, 0.25) is 0 Å². The van der Waals surface area contributed by atoms with E-state index in [-0.39, 0.29) is 28.5 Å². The number of non-ortho nitro benzene ring substituents is 1. The number of nitro groups is 1. The normalized spacial score (nSPS) is 22.6. The second-order valence-electron chi connectivity index (χ2n) is 6.73. The van der Waals surface area contributed by atoms with Crippen LogP contribution in [0.3, 0.4) is 0 Å². The summed E-state index contributed by atoms with van der Waals surface area (Å²) in [6.45, 7) is 0. The average molecular weight is 431 g/mol. The Hall–Kier alpha value is -2.54. The lowest BCUT2D eigenvalue weighted by atomic mass is 9.76. The molecule has 0 amide bonds. The minimum Gasteiger partial charge on any atom is -0.496 e. The minimum atomic E-state index is -0.375. The molecule has 2 aromatic carbocycles. The lowest BCUT2D eigenvalue weighted by molar-refractivity contribution is -0.385. The van der Waals surface area contributed by atoms with E-state index in [0.717, 1.165) is 33.5 Å². The van der Waals surface area contributed by atoms with Gasteiger partial charge in [-0.3, -0.25) is 10.1 Å². The summed E-state index contributed by atoms with van der Waals surface area (Å²) in [7, 11) is 3.20. The number of benzene rings is 2. The monoisotopic (exact) mass is 430 g/mol. The maximum absolute atomic E-state index is 11.3. The molecule has 0 spiro atoms. The molecule has 4 rings (SSSR count). The lowest BCUT2D eigenvalue weighted by Gasteiger charge is -2.38. The highest BCUT2D eigenvalue weighted by Gasteiger charge is 2.41. The highest BCUT2D eigenvalue weighted by Crippen LogP contribution is 2.54. The molecule has 6 nitrogen and oxygen atoms in total. The number of nitro benzene ring substituents is 1. The highest BCUT2D eigenvalue weighted by atomic mass is 79.9. The maximum atomic E-state index is 11.3. The number of nitrogens with zero attached hydrogens (tertiary/aromatic N) is 1. The third-order valence-corrected chi connectivity index (χ3v) is 5.87. The van der Waals surface area contributed by atoms with Crippen LogP contribution in [0.1, 0.15) is 29.5 Å². The molecule has 2 aromatic rings. The zero-order chi connectivity index (χ0) is 19.1. The molecule has 0 aromatic heterocycles. The summed E-state index contributed by atoms with van der Waals surface area (Å²) < 4.78 is 12.1. The Morgan fingerprint density at radius 1 is 1.15 bits per heavy atom. The molecule has 0 radical (unpaired) electrons. The molecule has 0 saturated heterocycles. The molecule has 0 fully saturated rings. The van der Waals surface area contributed by atoms with Crippen molar-refractivity contribution < 1.29 is 14.4 Å². The Labute approximate surface area is 165 Å². The van der Waals surface area contributed by atoms with Crippen LogP contribution in [0.15, 0.2) is 47.0 Å². The second-order valence-corrected chi connectivity index (χ2v) is 7.65. The predicted octanol–water partition coefficient (Wildman–Crippen LogP) is 5.20. The fourth-order valence-corrected chi connectivity index (χ4v) is 4.55. The number of ether oxygens (including phenoxy) is 2. The number of hydrogen-bond donors (Lipinski definition) is 1. The average Bonchev–Trinajstić information content (AvgIpc) is 3.16. The van der Waals surface area contributed by atoms with Crippen LogP contribution < -0.4 is 14.8 Å². The molecule has 27 heavy (non-hydrogen) atoms. The van der Waals surface area contributed by atoms with Gasteiger partial charge < -0.3 is 14.8 Å². The molecule has 1 N–H and O–H groups in total. The molecule has 1 aliphatic heterocycles. The zero-order valence-corrected chi connectivity index (χ0v) is 16.5. The quantitative estimate of drug-likeness (QED) is 0.409. The van der Waals surface area contributed by atoms with E-state index in [2.05, 4.69) is 39.5 Å². The highest BCUT2D eigenvalue weighted by molar-refractivity contribution is 9.10. The third-order valence-electron chi connectivity index (χ3n) is 5.38. The van der Waals surface area contributed by atoms with Crippen LogP contribution in [-0.4, -0.2) is 19.1 Å². The molecule has 1 unspecified atom stereocenters. The first kappa shape index (κ1) is 17.9. The Morgan fingerprint density at radius 3 is 2.63 bits per heavy atom. The van der Waals surface area contributed by atoms with Crippen molar-refractivity contribution in [2.75, 3.05) is 19.5 Å². The summed E-state index contributed by atoms with van der Waals surface area (Å²) in [4.78, 5) is 11.0. The molecule has 7 heteroatoms. The summed E-state index contributed by atoms with van der Waals surface area (Å²) in [5.74, 6) is 1.62. The number of hydrogen-bond acceptors (Lipinski definition) is 5. The van der Waals surface area contributed by atoms with E-state index in [1.807, 2.05) is 12.1 Å². The molecule has 140 valence electrons. The Bertz CT molecular complexity index is 944. The van der Waals surface area contributed by atoms with Crippen molar-refractivity contribution in [3.05, 3.63) is 68.2 Å². The number of allylic oxidation sites excluding steroid dienone is 2. The summed E-state index contributed by atoms with van der Waals surface area (Å²) >= 11 is 3.55. The topological polar surface area (TPSA) is 73.6 Å². The maximum Gasteiger partial charge on any atom is 0.273 e. The minimum absolute atomic E-state index is 0.000283. The zero-order valence-electron chi connectivity index (χ0n) is 14.9. The van der Waals surface area contributed by atoms with Crippen molar-refractivity contribution in [2.24, 2.45) is 5.92 Å². The molecule has 1 aliphatic carbocycles. The van der Waals surface area contributed by atoms with Crippen LogP contribution in [-0.2, 0) is 0 Å². The van der Waals surface area contributed by atoms with E-state index in [9.17, 15) is 10.1 Å². The smallest absolute Gasteiger partial charge is 0.273 e. The second kappa shape index (κ2) is 6.88. The van der Waals surface area contributed by atoms with E-state index in [4.69, 9.17) is 9.47 Å². The number of halogens is 1. The van der Waals surface area contributed by atoms with Gasteiger partial charge in [0.15, 0.2) is 0 Å². The van der Waals surface area contributed by atoms with E-state index in [0.29, 0.717) is 5.75 Å². The van der Waals surface area contributed by atoms with E-state index in [1.54, 1.807) is 13.2 Å². The molecule has 3 atom stereocenters. The number of fused-ring (bicyclic) bond motifs is 3. The van der Waals surface area contributed by atoms with Crippen LogP contribution in [0, 0.1) is 16.0 Å². The summed E-state index contributed by atoms with van der Waals surface area (Å²) in [5, 5.41) is 14.9. The van der Waals surface area contributed by atoms with Gasteiger partial charge in [0.1, 0.15) is 11.5 Å². The SMILES string of the molecule is COc1ccc(Br)cc1C1Nc2c(OC)cc([N+](=O)[O-])cc2[C@@H]2C=CC[C@H]12. The summed E-state index contributed by atoms with van der Waals surface area (Å²) in [5.41, 5.74) is 2.81. The van der Waals surface area contributed by atoms with Gasteiger partial charge in [0.05, 0.1) is 36.9 Å². The van der Waals surface area contributed by atoms with Gasteiger partial charge in [-0.15, -0.1) is 0 Å². The van der Waals surface area contributed by atoms with Crippen molar-refractivity contribution in [3.63, 3.8) is 0 Å². The first-order valence-corrected chi connectivity index (χ1v) is 9.45. The Kier molecular flexibility index (Phi) is 4.55. The number of anilines is 1. The fraction of sp³-hybridized carbons (Fsp3) is 0.300. The van der Waals surface area contributed by atoms with Gasteiger partial charge in [0.25, 0.3) is 5.69 Å². The predicted molar refractivity (Wildman–Crippen MR) is 107 cm³/mol. The first-order chi connectivity index (χ1) is 13.0. The fourth-order valence-electron chi connectivity index (χ4n) is 4.17. The van der Waals surface area contributed by atoms with Crippen LogP contribution in [0.25, 0.3) is 0 Å². The molecule has 1 heterocycles. The molecule has 0 saturated carbocycles. The largest absolute Gasteiger partial charge is 0.496 e. The summed E-state index contributed by atoms with van der Waals surface area (Å²) in [6, 6.07) is 9.09. The van der Waals surface area contributed by atoms with Gasteiger partial charge >= 0.3 is 0 Å². The Morgan fingerprint density at radius 2 is 1.93 bits per heavy atom. The van der Waals surface area contributed by atoms with Gasteiger partial charge in [-0.2, -0.15) is 0 Å². The van der Waals surface area contributed by atoms with Gasteiger partial charge in [-0.1, -0.05) is 28.1 Å². The lowest BCUT2D eigenvalue weighted by Crippen LogP contribution is -2.29. The molecular formula is C20H19BrN2O4. The standard InChI is InChI=1S/C20H19BrN2O4/c1-26-17-7-6-11(21)8-16(17)19-14-5-3-4-13(14)15-9-12(23(24)25)10-18(27-2)20(15)22-19/h3-4,6-10,13-14,19,22H,5H2,1-2H3/t13-,14+,19?/m1/s1. The van der Waals surface area contributed by atoms with Gasteiger partial charge in [-0.05, 0) is 36.1 Å². The van der Waals surface area contributed by atoms with Gasteiger partial charge in [0, 0.05) is 22.0 Å². The van der Waals surface area contributed by atoms with Crippen molar-refractivity contribution in [1.29, 1.82) is 0 Å². The number of methoxy groups -OCH3 is 2. The molecular weight excluding hydrogens is 412 g/mol. The number of rotatable bonds is 4. The van der Waals surface area contributed by atoms with Crippen molar-refractivity contribution >= 4 is 27.3 Å². The first-order valence-electron chi connectivity index (χ1n) is 8.66. The summed E-state index contributed by atoms with van der Waals surface area (Å²) in [6.07, 6.45) is 5.18. The number of nitrogens with one attached hydrogen (secondary N) is 1. The van der Waals surface area contributed by atoms with Gasteiger partial charge in [0.2, 0.25) is 0 Å². The van der Waals surface area contributed by atoms with E-state index >= 15 is 0 Å². The van der Waals surface area contributed by atoms with Gasteiger partial charge in [-0.25, -0.2) is 0 Å². The van der Waals surface area contributed by atoms with Crippen molar-refractivity contribution in [2.45, 2.75) is 18.4 Å². The molecule has 2 aliphatic rings. The van der Waals surface area contributed by atoms with Crippen molar-refractivity contribution in [3.8, 4) is 11.5 Å². The Balaban J connectivity index is 1.87. The van der Waals surface area contributed by atoms with E-state index < -0.39 is 0 Å². The van der Waals surface area contributed by atoms with Crippen molar-refractivity contribution in [1.82, 2.24) is 0 Å². The van der Waals surface area contributed by atoms with Crippen LogP contribution >= 0.6 is 15.9 Å². The van der Waals surface area contributed by atoms with E-state index in [1.165, 1.54) is 13.2 Å².